The molecule has 0 bridgehead atoms. The SMILES string of the molecule is CCC1COCCN1CCC(N)C1CC1. The maximum atomic E-state index is 6.13. The van der Waals surface area contributed by atoms with E-state index in [1.165, 1.54) is 32.2 Å². The third-order valence-corrected chi connectivity index (χ3v) is 3.80. The van der Waals surface area contributed by atoms with E-state index in [1.807, 2.05) is 0 Å². The second kappa shape index (κ2) is 5.28. The van der Waals surface area contributed by atoms with Crippen LogP contribution in [0.1, 0.15) is 32.6 Å². The average Bonchev–Trinajstić information content (AvgIpc) is 3.10. The van der Waals surface area contributed by atoms with Gasteiger partial charge in [-0.15, -0.1) is 0 Å². The molecule has 0 aromatic carbocycles. The molecule has 2 unspecified atom stereocenters. The molecular weight excluding hydrogens is 188 g/mol. The van der Waals surface area contributed by atoms with Crippen LogP contribution >= 0.6 is 0 Å². The van der Waals surface area contributed by atoms with E-state index in [4.69, 9.17) is 10.5 Å². The van der Waals surface area contributed by atoms with Crippen LogP contribution in [-0.4, -0.2) is 43.3 Å². The first-order valence-corrected chi connectivity index (χ1v) is 6.38. The van der Waals surface area contributed by atoms with Crippen molar-refractivity contribution in [3.8, 4) is 0 Å². The average molecular weight is 212 g/mol. The summed E-state index contributed by atoms with van der Waals surface area (Å²) in [5.74, 6) is 0.839. The number of hydrogen-bond acceptors (Lipinski definition) is 3. The van der Waals surface area contributed by atoms with E-state index in [1.54, 1.807) is 0 Å². The van der Waals surface area contributed by atoms with Crippen molar-refractivity contribution in [1.29, 1.82) is 0 Å². The van der Waals surface area contributed by atoms with E-state index in [0.29, 0.717) is 12.1 Å². The van der Waals surface area contributed by atoms with Crippen LogP contribution in [0.15, 0.2) is 0 Å². The maximum Gasteiger partial charge on any atom is 0.0622 e. The summed E-state index contributed by atoms with van der Waals surface area (Å²) in [4.78, 5) is 2.56. The highest BCUT2D eigenvalue weighted by Crippen LogP contribution is 2.32. The molecule has 2 N–H and O–H groups in total. The highest BCUT2D eigenvalue weighted by Gasteiger charge is 2.29. The fourth-order valence-electron chi connectivity index (χ4n) is 2.43. The summed E-state index contributed by atoms with van der Waals surface area (Å²) in [6, 6.07) is 1.08. The molecule has 2 atom stereocenters. The Balaban J connectivity index is 1.71. The lowest BCUT2D eigenvalue weighted by molar-refractivity contribution is -0.00982. The smallest absolute Gasteiger partial charge is 0.0622 e. The van der Waals surface area contributed by atoms with Gasteiger partial charge in [-0.05, 0) is 31.6 Å². The van der Waals surface area contributed by atoms with Crippen LogP contribution in [0.4, 0.5) is 0 Å². The highest BCUT2D eigenvalue weighted by atomic mass is 16.5. The lowest BCUT2D eigenvalue weighted by Gasteiger charge is -2.35. The molecule has 0 aromatic heterocycles. The molecule has 2 aliphatic rings. The van der Waals surface area contributed by atoms with E-state index in [0.717, 1.165) is 25.7 Å². The minimum atomic E-state index is 0.449. The van der Waals surface area contributed by atoms with Crippen molar-refractivity contribution in [3.05, 3.63) is 0 Å². The van der Waals surface area contributed by atoms with Gasteiger partial charge in [0.2, 0.25) is 0 Å². The summed E-state index contributed by atoms with van der Waals surface area (Å²) < 4.78 is 5.50. The van der Waals surface area contributed by atoms with Crippen molar-refractivity contribution in [2.45, 2.75) is 44.7 Å². The van der Waals surface area contributed by atoms with Gasteiger partial charge in [-0.1, -0.05) is 6.92 Å². The Morgan fingerprint density at radius 1 is 1.47 bits per heavy atom. The topological polar surface area (TPSA) is 38.5 Å². The molecule has 3 heteroatoms. The molecule has 1 saturated heterocycles. The zero-order chi connectivity index (χ0) is 10.7. The molecular formula is C12H24N2O. The number of nitrogens with two attached hydrogens (primary N) is 1. The van der Waals surface area contributed by atoms with Crippen molar-refractivity contribution in [2.24, 2.45) is 11.7 Å². The predicted octanol–water partition coefficient (Wildman–Crippen LogP) is 1.22. The first-order chi connectivity index (χ1) is 7.31. The Morgan fingerprint density at radius 2 is 2.27 bits per heavy atom. The zero-order valence-electron chi connectivity index (χ0n) is 9.82. The Bertz CT molecular complexity index is 194. The number of morpholine rings is 1. The van der Waals surface area contributed by atoms with E-state index >= 15 is 0 Å². The molecule has 1 heterocycles. The summed E-state index contributed by atoms with van der Waals surface area (Å²) in [6.45, 7) is 6.31. The minimum absolute atomic E-state index is 0.449. The van der Waals surface area contributed by atoms with E-state index < -0.39 is 0 Å². The molecule has 0 aromatic rings. The molecule has 0 spiro atoms. The van der Waals surface area contributed by atoms with E-state index in [-0.39, 0.29) is 0 Å². The van der Waals surface area contributed by atoms with Gasteiger partial charge in [0.1, 0.15) is 0 Å². The lowest BCUT2D eigenvalue weighted by atomic mass is 10.1. The highest BCUT2D eigenvalue weighted by molar-refractivity contribution is 4.85. The van der Waals surface area contributed by atoms with Crippen LogP contribution < -0.4 is 5.73 Å². The van der Waals surface area contributed by atoms with Crippen LogP contribution in [-0.2, 0) is 4.74 Å². The number of nitrogens with zero attached hydrogens (tertiary/aromatic N) is 1. The first kappa shape index (κ1) is 11.4. The van der Waals surface area contributed by atoms with Crippen molar-refractivity contribution in [1.82, 2.24) is 4.90 Å². The molecule has 15 heavy (non-hydrogen) atoms. The molecule has 2 rings (SSSR count). The summed E-state index contributed by atoms with van der Waals surface area (Å²) in [5, 5.41) is 0. The Morgan fingerprint density at radius 3 is 2.93 bits per heavy atom. The molecule has 1 aliphatic carbocycles. The van der Waals surface area contributed by atoms with Crippen LogP contribution in [0.2, 0.25) is 0 Å². The summed E-state index contributed by atoms with van der Waals surface area (Å²) >= 11 is 0. The van der Waals surface area contributed by atoms with Gasteiger partial charge in [-0.2, -0.15) is 0 Å². The fraction of sp³-hybridized carbons (Fsp3) is 1.00. The fourth-order valence-corrected chi connectivity index (χ4v) is 2.43. The van der Waals surface area contributed by atoms with Crippen molar-refractivity contribution in [3.63, 3.8) is 0 Å². The van der Waals surface area contributed by atoms with Gasteiger partial charge in [-0.3, -0.25) is 4.90 Å². The van der Waals surface area contributed by atoms with E-state index in [9.17, 15) is 0 Å². The van der Waals surface area contributed by atoms with Gasteiger partial charge in [0, 0.05) is 25.2 Å². The van der Waals surface area contributed by atoms with Crippen LogP contribution in [0.3, 0.4) is 0 Å². The van der Waals surface area contributed by atoms with Crippen molar-refractivity contribution in [2.75, 3.05) is 26.3 Å². The van der Waals surface area contributed by atoms with Gasteiger partial charge < -0.3 is 10.5 Å². The Labute approximate surface area is 93.0 Å². The van der Waals surface area contributed by atoms with Crippen LogP contribution in [0, 0.1) is 5.92 Å². The lowest BCUT2D eigenvalue weighted by Crippen LogP contribution is -2.46. The molecule has 2 fully saturated rings. The standard InChI is InChI=1S/C12H24N2O/c1-2-11-9-15-8-7-14(11)6-5-12(13)10-3-4-10/h10-12H,2-9,13H2,1H3. The van der Waals surface area contributed by atoms with Gasteiger partial charge in [0.05, 0.1) is 13.2 Å². The monoisotopic (exact) mass is 212 g/mol. The number of rotatable bonds is 5. The largest absolute Gasteiger partial charge is 0.378 e. The minimum Gasteiger partial charge on any atom is -0.378 e. The molecule has 0 amide bonds. The van der Waals surface area contributed by atoms with Crippen LogP contribution in [0.5, 0.6) is 0 Å². The van der Waals surface area contributed by atoms with Gasteiger partial charge in [-0.25, -0.2) is 0 Å². The first-order valence-electron chi connectivity index (χ1n) is 6.38. The van der Waals surface area contributed by atoms with Crippen LogP contribution in [0.25, 0.3) is 0 Å². The number of hydrogen-bond donors (Lipinski definition) is 1. The summed E-state index contributed by atoms with van der Waals surface area (Å²) in [6.07, 6.45) is 5.09. The molecule has 0 radical (unpaired) electrons. The Kier molecular flexibility index (Phi) is 4.00. The third kappa shape index (κ3) is 3.16. The molecule has 88 valence electrons. The second-order valence-corrected chi connectivity index (χ2v) is 4.96. The number of ether oxygens (including phenoxy) is 1. The Hall–Kier alpha value is -0.120. The van der Waals surface area contributed by atoms with Gasteiger partial charge in [0.15, 0.2) is 0 Å². The second-order valence-electron chi connectivity index (χ2n) is 4.96. The summed E-state index contributed by atoms with van der Waals surface area (Å²) in [7, 11) is 0. The van der Waals surface area contributed by atoms with Crippen molar-refractivity contribution >= 4 is 0 Å². The zero-order valence-corrected chi connectivity index (χ0v) is 9.82. The van der Waals surface area contributed by atoms with Crippen molar-refractivity contribution < 1.29 is 4.74 Å². The quantitative estimate of drug-likeness (QED) is 0.745. The summed E-state index contributed by atoms with van der Waals surface area (Å²) in [5.41, 5.74) is 6.13. The molecule has 1 aliphatic heterocycles. The third-order valence-electron chi connectivity index (χ3n) is 3.80. The van der Waals surface area contributed by atoms with Gasteiger partial charge in [0.25, 0.3) is 0 Å². The molecule has 1 saturated carbocycles. The molecule has 3 nitrogen and oxygen atoms in total. The predicted molar refractivity (Wildman–Crippen MR) is 61.8 cm³/mol. The normalized spacial score (nSPS) is 30.4. The maximum absolute atomic E-state index is 6.13. The van der Waals surface area contributed by atoms with Gasteiger partial charge >= 0.3 is 0 Å². The van der Waals surface area contributed by atoms with E-state index in [2.05, 4.69) is 11.8 Å².